The van der Waals surface area contributed by atoms with Crippen LogP contribution in [-0.4, -0.2) is 14.5 Å². The quantitative estimate of drug-likeness (QED) is 0.752. The summed E-state index contributed by atoms with van der Waals surface area (Å²) in [4.78, 5) is 16.1. The van der Waals surface area contributed by atoms with Crippen LogP contribution in [0.15, 0.2) is 23.3 Å². The van der Waals surface area contributed by atoms with Crippen molar-refractivity contribution in [2.75, 3.05) is 5.73 Å². The topological polar surface area (TPSA) is 80.6 Å². The van der Waals surface area contributed by atoms with Crippen molar-refractivity contribution in [2.24, 2.45) is 0 Å². The summed E-state index contributed by atoms with van der Waals surface area (Å²) in [5.41, 5.74) is 6.37. The fourth-order valence-electron chi connectivity index (χ4n) is 1.56. The zero-order valence-corrected chi connectivity index (χ0v) is 9.14. The van der Waals surface area contributed by atoms with Crippen LogP contribution in [0.25, 0.3) is 5.65 Å². The van der Waals surface area contributed by atoms with E-state index in [0.29, 0.717) is 5.56 Å². The number of hydrogen-bond donors (Lipinski definition) is 2. The normalized spacial score (nSPS) is 11.2. The molecule has 0 atom stereocenters. The maximum Gasteiger partial charge on any atom is 0.261 e. The third-order valence-corrected chi connectivity index (χ3v) is 2.53. The number of nitrogens with zero attached hydrogens (tertiary/aromatic N) is 2. The molecule has 0 saturated carbocycles. The Morgan fingerprint density at radius 1 is 1.50 bits per heavy atom. The maximum atomic E-state index is 12.0. The molecule has 84 valence electrons. The standard InChI is InChI=1S/C11H13N3O2/c1-6(2)7-5-13-10-9(15)8(12)3-4-14(10)11(7)16/h3-6,15H,12H2,1-2H3. The Bertz CT molecular complexity index is 602. The first-order chi connectivity index (χ1) is 7.52. The molecule has 0 aliphatic rings. The lowest BCUT2D eigenvalue weighted by Crippen LogP contribution is -2.20. The largest absolute Gasteiger partial charge is 0.503 e. The second-order valence-corrected chi connectivity index (χ2v) is 3.99. The Kier molecular flexibility index (Phi) is 2.30. The van der Waals surface area contributed by atoms with Gasteiger partial charge in [-0.15, -0.1) is 0 Å². The van der Waals surface area contributed by atoms with Gasteiger partial charge in [0.15, 0.2) is 11.4 Å². The lowest BCUT2D eigenvalue weighted by Gasteiger charge is -2.08. The van der Waals surface area contributed by atoms with Crippen molar-refractivity contribution < 1.29 is 5.11 Å². The highest BCUT2D eigenvalue weighted by atomic mass is 16.3. The van der Waals surface area contributed by atoms with Crippen molar-refractivity contribution in [1.82, 2.24) is 9.38 Å². The van der Waals surface area contributed by atoms with Crippen LogP contribution in [0.1, 0.15) is 25.3 Å². The molecule has 5 nitrogen and oxygen atoms in total. The van der Waals surface area contributed by atoms with Crippen LogP contribution in [0.5, 0.6) is 5.75 Å². The molecule has 3 N–H and O–H groups in total. The molecule has 2 aromatic rings. The lowest BCUT2D eigenvalue weighted by atomic mass is 10.1. The molecule has 0 unspecified atom stereocenters. The van der Waals surface area contributed by atoms with E-state index in [1.165, 1.54) is 22.9 Å². The molecule has 0 radical (unpaired) electrons. The van der Waals surface area contributed by atoms with Crippen molar-refractivity contribution in [3.05, 3.63) is 34.4 Å². The fourth-order valence-corrected chi connectivity index (χ4v) is 1.56. The van der Waals surface area contributed by atoms with Crippen molar-refractivity contribution >= 4 is 11.3 Å². The Hall–Kier alpha value is -2.04. The summed E-state index contributed by atoms with van der Waals surface area (Å²) in [6, 6.07) is 1.48. The van der Waals surface area contributed by atoms with Gasteiger partial charge in [-0.3, -0.25) is 9.20 Å². The van der Waals surface area contributed by atoms with E-state index in [9.17, 15) is 9.90 Å². The van der Waals surface area contributed by atoms with Gasteiger partial charge in [-0.2, -0.15) is 0 Å². The van der Waals surface area contributed by atoms with Gasteiger partial charge < -0.3 is 10.8 Å². The summed E-state index contributed by atoms with van der Waals surface area (Å²) >= 11 is 0. The maximum absolute atomic E-state index is 12.0. The number of aromatic nitrogens is 2. The van der Waals surface area contributed by atoms with Crippen LogP contribution in [0.2, 0.25) is 0 Å². The molecule has 0 aromatic carbocycles. The Morgan fingerprint density at radius 3 is 2.81 bits per heavy atom. The van der Waals surface area contributed by atoms with Crippen LogP contribution in [0, 0.1) is 0 Å². The number of nitrogen functional groups attached to an aromatic ring is 1. The van der Waals surface area contributed by atoms with Crippen LogP contribution >= 0.6 is 0 Å². The highest BCUT2D eigenvalue weighted by molar-refractivity contribution is 5.66. The van der Waals surface area contributed by atoms with Crippen LogP contribution < -0.4 is 11.3 Å². The first-order valence-electron chi connectivity index (χ1n) is 5.01. The SMILES string of the molecule is CC(C)c1cnc2c(O)c(N)ccn2c1=O. The minimum atomic E-state index is -0.171. The fraction of sp³-hybridized carbons (Fsp3) is 0.273. The zero-order chi connectivity index (χ0) is 11.9. The van der Waals surface area contributed by atoms with Crippen molar-refractivity contribution in [2.45, 2.75) is 19.8 Å². The predicted octanol–water partition coefficient (Wildman–Crippen LogP) is 1.11. The van der Waals surface area contributed by atoms with Gasteiger partial charge in [-0.05, 0) is 12.0 Å². The average molecular weight is 219 g/mol. The smallest absolute Gasteiger partial charge is 0.261 e. The van der Waals surface area contributed by atoms with Crippen molar-refractivity contribution in [1.29, 1.82) is 0 Å². The van der Waals surface area contributed by atoms with Gasteiger partial charge in [0.1, 0.15) is 0 Å². The number of aromatic hydroxyl groups is 1. The third kappa shape index (κ3) is 1.41. The van der Waals surface area contributed by atoms with Crippen molar-refractivity contribution in [3.8, 4) is 5.75 Å². The van der Waals surface area contributed by atoms with Gasteiger partial charge in [-0.1, -0.05) is 13.8 Å². The molecule has 0 spiro atoms. The average Bonchev–Trinajstić information content (AvgIpc) is 2.23. The number of fused-ring (bicyclic) bond motifs is 1. The van der Waals surface area contributed by atoms with Gasteiger partial charge in [0.2, 0.25) is 0 Å². The molecule has 0 aliphatic carbocycles. The Balaban J connectivity index is 2.88. The van der Waals surface area contributed by atoms with E-state index in [1.54, 1.807) is 0 Å². The van der Waals surface area contributed by atoms with Crippen LogP contribution in [0.4, 0.5) is 5.69 Å². The number of nitrogens with two attached hydrogens (primary N) is 1. The molecule has 0 aliphatic heterocycles. The van der Waals surface area contributed by atoms with Gasteiger partial charge >= 0.3 is 0 Å². The van der Waals surface area contributed by atoms with E-state index in [4.69, 9.17) is 5.73 Å². The summed E-state index contributed by atoms with van der Waals surface area (Å²) in [5.74, 6) is -0.0634. The summed E-state index contributed by atoms with van der Waals surface area (Å²) in [6.45, 7) is 3.84. The molecule has 0 fully saturated rings. The summed E-state index contributed by atoms with van der Waals surface area (Å²) < 4.78 is 1.31. The van der Waals surface area contributed by atoms with E-state index in [0.717, 1.165) is 0 Å². The molecule has 2 aromatic heterocycles. The van der Waals surface area contributed by atoms with Crippen LogP contribution in [0.3, 0.4) is 0 Å². The molecule has 0 saturated heterocycles. The van der Waals surface area contributed by atoms with Gasteiger partial charge in [0.25, 0.3) is 5.56 Å². The van der Waals surface area contributed by atoms with Crippen molar-refractivity contribution in [3.63, 3.8) is 0 Å². The molecule has 16 heavy (non-hydrogen) atoms. The Morgan fingerprint density at radius 2 is 2.19 bits per heavy atom. The molecule has 5 heteroatoms. The first-order valence-corrected chi connectivity index (χ1v) is 5.01. The van der Waals surface area contributed by atoms with E-state index in [1.807, 2.05) is 13.8 Å². The van der Waals surface area contributed by atoms with Crippen LogP contribution in [-0.2, 0) is 0 Å². The van der Waals surface area contributed by atoms with E-state index < -0.39 is 0 Å². The molecular formula is C11H13N3O2. The lowest BCUT2D eigenvalue weighted by molar-refractivity contribution is 0.479. The van der Waals surface area contributed by atoms with E-state index >= 15 is 0 Å². The second kappa shape index (κ2) is 3.52. The highest BCUT2D eigenvalue weighted by Crippen LogP contribution is 2.23. The first kappa shape index (κ1) is 10.5. The van der Waals surface area contributed by atoms with Gasteiger partial charge in [0.05, 0.1) is 5.69 Å². The number of hydrogen-bond acceptors (Lipinski definition) is 4. The molecule has 2 rings (SSSR count). The molecule has 0 bridgehead atoms. The monoisotopic (exact) mass is 219 g/mol. The summed E-state index contributed by atoms with van der Waals surface area (Å²) in [6.07, 6.45) is 3.01. The molecule has 0 amide bonds. The minimum Gasteiger partial charge on any atom is -0.503 e. The summed E-state index contributed by atoms with van der Waals surface area (Å²) in [5, 5.41) is 9.66. The second-order valence-electron chi connectivity index (χ2n) is 3.99. The third-order valence-electron chi connectivity index (χ3n) is 2.53. The summed E-state index contributed by atoms with van der Waals surface area (Å²) in [7, 11) is 0. The predicted molar refractivity (Wildman–Crippen MR) is 61.6 cm³/mol. The zero-order valence-electron chi connectivity index (χ0n) is 9.14. The van der Waals surface area contributed by atoms with E-state index in [-0.39, 0.29) is 28.6 Å². The van der Waals surface area contributed by atoms with Gasteiger partial charge in [-0.25, -0.2) is 4.98 Å². The Labute approximate surface area is 92.2 Å². The van der Waals surface area contributed by atoms with Gasteiger partial charge in [0, 0.05) is 18.0 Å². The minimum absolute atomic E-state index is 0.0941. The molecule has 2 heterocycles. The van der Waals surface area contributed by atoms with E-state index in [2.05, 4.69) is 4.98 Å². The number of pyridine rings is 1. The molecular weight excluding hydrogens is 206 g/mol. The number of anilines is 1. The highest BCUT2D eigenvalue weighted by Gasteiger charge is 2.11. The number of rotatable bonds is 1.